The number of aromatic nitrogens is 4. The minimum Gasteiger partial charge on any atom is -0.357 e. The van der Waals surface area contributed by atoms with E-state index in [1.807, 2.05) is 37.4 Å². The molecule has 0 N–H and O–H groups in total. The van der Waals surface area contributed by atoms with Crippen LogP contribution in [0.3, 0.4) is 0 Å². The van der Waals surface area contributed by atoms with E-state index in [0.29, 0.717) is 22.2 Å². The highest BCUT2D eigenvalue weighted by Gasteiger charge is 2.25. The first-order valence-corrected chi connectivity index (χ1v) is 9.22. The topological polar surface area (TPSA) is 70.6 Å². The van der Waals surface area contributed by atoms with E-state index in [2.05, 4.69) is 33.4 Å². The van der Waals surface area contributed by atoms with Crippen molar-refractivity contribution in [3.8, 4) is 6.07 Å². The van der Waals surface area contributed by atoms with Crippen LogP contribution in [0.4, 0.5) is 5.69 Å². The van der Waals surface area contributed by atoms with Crippen LogP contribution in [0.5, 0.6) is 0 Å². The van der Waals surface area contributed by atoms with Crippen LogP contribution >= 0.6 is 23.2 Å². The summed E-state index contributed by atoms with van der Waals surface area (Å²) in [7, 11) is 1.82. The van der Waals surface area contributed by atoms with Crippen molar-refractivity contribution in [2.24, 2.45) is 7.05 Å². The lowest BCUT2D eigenvalue weighted by molar-refractivity contribution is 0.535. The molecule has 3 aromatic rings. The number of rotatable bonds is 6. The average Bonchev–Trinajstić information content (AvgIpc) is 3.09. The van der Waals surface area contributed by atoms with Gasteiger partial charge < -0.3 is 4.90 Å². The maximum atomic E-state index is 9.17. The van der Waals surface area contributed by atoms with Gasteiger partial charge >= 0.3 is 0 Å². The lowest BCUT2D eigenvalue weighted by Crippen LogP contribution is -2.30. The van der Waals surface area contributed by atoms with Gasteiger partial charge in [0, 0.05) is 24.3 Å². The van der Waals surface area contributed by atoms with Crippen LogP contribution in [-0.2, 0) is 13.6 Å². The Morgan fingerprint density at radius 3 is 2.56 bits per heavy atom. The largest absolute Gasteiger partial charge is 0.357 e. The molecule has 0 aliphatic heterocycles. The predicted octanol–water partition coefficient (Wildman–Crippen LogP) is 4.55. The zero-order valence-electron chi connectivity index (χ0n) is 15.0. The van der Waals surface area contributed by atoms with Gasteiger partial charge in [0.15, 0.2) is 5.82 Å². The van der Waals surface area contributed by atoms with E-state index in [1.54, 1.807) is 16.8 Å². The number of nitrogens with zero attached hydrogens (tertiary/aromatic N) is 6. The molecule has 0 saturated carbocycles. The van der Waals surface area contributed by atoms with Gasteiger partial charge in [-0.05, 0) is 46.7 Å². The van der Waals surface area contributed by atoms with Crippen molar-refractivity contribution >= 4 is 28.9 Å². The van der Waals surface area contributed by atoms with Crippen molar-refractivity contribution in [2.75, 3.05) is 4.90 Å². The van der Waals surface area contributed by atoms with Gasteiger partial charge in [-0.2, -0.15) is 5.26 Å². The van der Waals surface area contributed by atoms with Crippen LogP contribution < -0.4 is 4.90 Å². The zero-order chi connectivity index (χ0) is 19.4. The SMILES string of the molecule is CCC(c1nnnn1C)N(Cc1ccccc1Cl)c1ccc(C#N)c(Cl)c1. The van der Waals surface area contributed by atoms with Gasteiger partial charge in [0.2, 0.25) is 0 Å². The van der Waals surface area contributed by atoms with E-state index < -0.39 is 0 Å². The summed E-state index contributed by atoms with van der Waals surface area (Å²) in [6, 6.07) is 15.1. The van der Waals surface area contributed by atoms with Crippen LogP contribution in [0.2, 0.25) is 10.0 Å². The molecular formula is C19H18Cl2N6. The molecule has 1 heterocycles. The Bertz CT molecular complexity index is 978. The Morgan fingerprint density at radius 2 is 1.96 bits per heavy atom. The number of halogens is 2. The Kier molecular flexibility index (Phi) is 5.94. The smallest absolute Gasteiger partial charge is 0.173 e. The van der Waals surface area contributed by atoms with Crippen LogP contribution in [0.15, 0.2) is 42.5 Å². The van der Waals surface area contributed by atoms with E-state index in [9.17, 15) is 0 Å². The summed E-state index contributed by atoms with van der Waals surface area (Å²) >= 11 is 12.7. The molecule has 1 unspecified atom stereocenters. The summed E-state index contributed by atoms with van der Waals surface area (Å²) in [4.78, 5) is 2.15. The van der Waals surface area contributed by atoms with E-state index in [4.69, 9.17) is 28.5 Å². The second kappa shape index (κ2) is 8.38. The number of tetrazole rings is 1. The molecule has 0 fully saturated rings. The summed E-state index contributed by atoms with van der Waals surface area (Å²) in [6.45, 7) is 2.62. The van der Waals surface area contributed by atoms with Gasteiger partial charge in [0.25, 0.3) is 0 Å². The number of aryl methyl sites for hydroxylation is 1. The highest BCUT2D eigenvalue weighted by Crippen LogP contribution is 2.33. The molecule has 1 atom stereocenters. The zero-order valence-corrected chi connectivity index (χ0v) is 16.5. The van der Waals surface area contributed by atoms with E-state index in [1.165, 1.54) is 0 Å². The van der Waals surface area contributed by atoms with Crippen molar-refractivity contribution in [3.63, 3.8) is 0 Å². The third-order valence-electron chi connectivity index (χ3n) is 4.42. The lowest BCUT2D eigenvalue weighted by atomic mass is 10.1. The molecular weight excluding hydrogens is 383 g/mol. The van der Waals surface area contributed by atoms with Crippen LogP contribution in [0.1, 0.15) is 36.3 Å². The molecule has 2 aromatic carbocycles. The standard InChI is InChI=1S/C19H18Cl2N6/c1-3-18(19-23-24-25-26(19)2)27(12-14-6-4-5-7-16(14)20)15-9-8-13(11-22)17(21)10-15/h4-10,18H,3,12H2,1-2H3. The summed E-state index contributed by atoms with van der Waals surface area (Å²) in [5, 5.41) is 22.2. The van der Waals surface area contributed by atoms with E-state index in [-0.39, 0.29) is 6.04 Å². The lowest BCUT2D eigenvalue weighted by Gasteiger charge is -2.32. The molecule has 138 valence electrons. The molecule has 8 heteroatoms. The van der Waals surface area contributed by atoms with Crippen LogP contribution in [-0.4, -0.2) is 20.2 Å². The molecule has 6 nitrogen and oxygen atoms in total. The van der Waals surface area contributed by atoms with Crippen LogP contribution in [0, 0.1) is 11.3 Å². The number of hydrogen-bond acceptors (Lipinski definition) is 5. The fraction of sp³-hybridized carbons (Fsp3) is 0.263. The van der Waals surface area contributed by atoms with Crippen molar-refractivity contribution in [1.82, 2.24) is 20.2 Å². The molecule has 0 saturated heterocycles. The van der Waals surface area contributed by atoms with E-state index >= 15 is 0 Å². The molecule has 0 bridgehead atoms. The second-order valence-electron chi connectivity index (χ2n) is 6.08. The summed E-state index contributed by atoms with van der Waals surface area (Å²) < 4.78 is 1.67. The number of hydrogen-bond donors (Lipinski definition) is 0. The molecule has 27 heavy (non-hydrogen) atoms. The van der Waals surface area contributed by atoms with E-state index in [0.717, 1.165) is 23.5 Å². The molecule has 0 aliphatic carbocycles. The quantitative estimate of drug-likeness (QED) is 0.606. The Morgan fingerprint density at radius 1 is 1.19 bits per heavy atom. The number of nitriles is 1. The Labute approximate surface area is 167 Å². The van der Waals surface area contributed by atoms with Crippen molar-refractivity contribution in [3.05, 3.63) is 69.5 Å². The number of anilines is 1. The number of benzene rings is 2. The summed E-state index contributed by atoms with van der Waals surface area (Å²) in [6.07, 6.45) is 0.774. The van der Waals surface area contributed by atoms with Gasteiger partial charge in [0.05, 0.1) is 16.6 Å². The highest BCUT2D eigenvalue weighted by atomic mass is 35.5. The normalized spacial score (nSPS) is 11.8. The minimum atomic E-state index is -0.0923. The van der Waals surface area contributed by atoms with Gasteiger partial charge in [-0.1, -0.05) is 48.3 Å². The average molecular weight is 401 g/mol. The van der Waals surface area contributed by atoms with Crippen molar-refractivity contribution < 1.29 is 0 Å². The predicted molar refractivity (Wildman–Crippen MR) is 106 cm³/mol. The monoisotopic (exact) mass is 400 g/mol. The van der Waals surface area contributed by atoms with Gasteiger partial charge in [-0.15, -0.1) is 5.10 Å². The maximum Gasteiger partial charge on any atom is 0.173 e. The summed E-state index contributed by atoms with van der Waals surface area (Å²) in [5.74, 6) is 0.741. The maximum absolute atomic E-state index is 9.17. The Balaban J connectivity index is 2.08. The van der Waals surface area contributed by atoms with Gasteiger partial charge in [0.1, 0.15) is 6.07 Å². The molecule has 0 amide bonds. The molecule has 0 spiro atoms. The molecule has 0 radical (unpaired) electrons. The first-order valence-electron chi connectivity index (χ1n) is 8.47. The molecule has 3 rings (SSSR count). The van der Waals surface area contributed by atoms with Crippen molar-refractivity contribution in [2.45, 2.75) is 25.9 Å². The minimum absolute atomic E-state index is 0.0923. The first kappa shape index (κ1) is 19.2. The fourth-order valence-corrected chi connectivity index (χ4v) is 3.44. The fourth-order valence-electron chi connectivity index (χ4n) is 3.03. The molecule has 1 aromatic heterocycles. The Hall–Kier alpha value is -2.62. The second-order valence-corrected chi connectivity index (χ2v) is 6.89. The third kappa shape index (κ3) is 4.05. The van der Waals surface area contributed by atoms with Crippen molar-refractivity contribution in [1.29, 1.82) is 5.26 Å². The highest BCUT2D eigenvalue weighted by molar-refractivity contribution is 6.32. The van der Waals surface area contributed by atoms with Gasteiger partial charge in [-0.3, -0.25) is 0 Å². The third-order valence-corrected chi connectivity index (χ3v) is 5.10. The summed E-state index contributed by atoms with van der Waals surface area (Å²) in [5.41, 5.74) is 2.29. The van der Waals surface area contributed by atoms with Crippen LogP contribution in [0.25, 0.3) is 0 Å². The first-order chi connectivity index (χ1) is 13.0. The van der Waals surface area contributed by atoms with Gasteiger partial charge in [-0.25, -0.2) is 4.68 Å². The molecule has 0 aliphatic rings.